The number of hydrogen-bond donors (Lipinski definition) is 3. The zero-order chi connectivity index (χ0) is 36.5. The molecule has 5 rings (SSSR count). The van der Waals surface area contributed by atoms with Gasteiger partial charge >= 0.3 is 5.97 Å². The molecule has 1 aromatic heterocycles. The third-order valence-corrected chi connectivity index (χ3v) is 10.8. The van der Waals surface area contributed by atoms with Crippen LogP contribution in [-0.4, -0.2) is 52.9 Å². The topological polar surface area (TPSA) is 134 Å². The fourth-order valence-electron chi connectivity index (χ4n) is 5.55. The standard InChI is InChI=1S/C39H40N4O6S2/c1-5-32(37(47)42-38-34(39(48)49-6-2)30-19-20-43(25(4)44)23-33(30)51-38)50-29-18-12-17-28(22-29)40-36(46)31(21-27-16-11-10-13-24(27)3)41-35(45)26-14-8-7-9-15-26/h7-18,21-22,32H,5-6,19-20,23H2,1-4H3,(H,40,46)(H,41,45)(H,42,47)/b31-21-. The van der Waals surface area contributed by atoms with E-state index < -0.39 is 23.0 Å². The first kappa shape index (κ1) is 37.1. The van der Waals surface area contributed by atoms with Gasteiger partial charge in [-0.25, -0.2) is 4.79 Å². The number of thioether (sulfide) groups is 1. The third kappa shape index (κ3) is 9.33. The van der Waals surface area contributed by atoms with Crippen LogP contribution in [0.4, 0.5) is 10.7 Å². The summed E-state index contributed by atoms with van der Waals surface area (Å²) < 4.78 is 5.34. The summed E-state index contributed by atoms with van der Waals surface area (Å²) >= 11 is 2.63. The minimum absolute atomic E-state index is 0.0475. The maximum Gasteiger partial charge on any atom is 0.341 e. The van der Waals surface area contributed by atoms with E-state index in [9.17, 15) is 24.0 Å². The second-order valence-electron chi connectivity index (χ2n) is 11.8. The van der Waals surface area contributed by atoms with E-state index in [4.69, 9.17) is 4.74 Å². The Balaban J connectivity index is 1.33. The summed E-state index contributed by atoms with van der Waals surface area (Å²) in [6, 6.07) is 23.4. The van der Waals surface area contributed by atoms with E-state index in [0.29, 0.717) is 47.7 Å². The molecule has 4 aromatic rings. The van der Waals surface area contributed by atoms with Gasteiger partial charge in [0.25, 0.3) is 11.8 Å². The molecule has 0 radical (unpaired) electrons. The minimum atomic E-state index is -0.527. The van der Waals surface area contributed by atoms with E-state index >= 15 is 0 Å². The smallest absolute Gasteiger partial charge is 0.341 e. The van der Waals surface area contributed by atoms with Crippen molar-refractivity contribution >= 4 is 69.5 Å². The first-order valence-corrected chi connectivity index (χ1v) is 18.4. The van der Waals surface area contributed by atoms with Gasteiger partial charge in [-0.15, -0.1) is 23.1 Å². The number of hydrogen-bond acceptors (Lipinski definition) is 8. The highest BCUT2D eigenvalue weighted by Crippen LogP contribution is 2.39. The molecule has 4 amide bonds. The van der Waals surface area contributed by atoms with E-state index in [1.165, 1.54) is 30.0 Å². The van der Waals surface area contributed by atoms with Crippen LogP contribution in [0.25, 0.3) is 6.08 Å². The van der Waals surface area contributed by atoms with Gasteiger partial charge in [-0.2, -0.15) is 0 Å². The van der Waals surface area contributed by atoms with Crippen molar-refractivity contribution in [2.24, 2.45) is 0 Å². The lowest BCUT2D eigenvalue weighted by Crippen LogP contribution is -2.34. The van der Waals surface area contributed by atoms with Crippen molar-refractivity contribution in [1.29, 1.82) is 0 Å². The number of ether oxygens (including phenoxy) is 1. The summed E-state index contributed by atoms with van der Waals surface area (Å²) in [4.78, 5) is 68.8. The lowest BCUT2D eigenvalue weighted by atomic mass is 10.0. The Morgan fingerprint density at radius 2 is 1.71 bits per heavy atom. The number of amides is 4. The number of anilines is 2. The fraction of sp³-hybridized carbons (Fsp3) is 0.256. The van der Waals surface area contributed by atoms with Gasteiger partial charge in [-0.1, -0.05) is 55.5 Å². The molecule has 0 spiro atoms. The van der Waals surface area contributed by atoms with Crippen LogP contribution < -0.4 is 16.0 Å². The Hall–Kier alpha value is -5.20. The van der Waals surface area contributed by atoms with Crippen LogP contribution in [0, 0.1) is 6.92 Å². The van der Waals surface area contributed by atoms with Gasteiger partial charge in [0.2, 0.25) is 11.8 Å². The highest BCUT2D eigenvalue weighted by molar-refractivity contribution is 8.00. The van der Waals surface area contributed by atoms with Gasteiger partial charge in [0.1, 0.15) is 10.7 Å². The molecular weight excluding hydrogens is 685 g/mol. The molecule has 3 aromatic carbocycles. The summed E-state index contributed by atoms with van der Waals surface area (Å²) in [6.45, 7) is 8.13. The Labute approximate surface area is 305 Å². The molecule has 0 fully saturated rings. The maximum atomic E-state index is 13.7. The molecule has 3 N–H and O–H groups in total. The molecule has 12 heteroatoms. The van der Waals surface area contributed by atoms with Crippen molar-refractivity contribution in [3.05, 3.63) is 117 Å². The zero-order valence-electron chi connectivity index (χ0n) is 28.9. The molecule has 10 nitrogen and oxygen atoms in total. The number of fused-ring (bicyclic) bond motifs is 1. The van der Waals surface area contributed by atoms with Gasteiger partial charge in [0.05, 0.1) is 24.0 Å². The number of carbonyl (C=O) groups is 5. The Morgan fingerprint density at radius 1 is 0.961 bits per heavy atom. The third-order valence-electron chi connectivity index (χ3n) is 8.27. The zero-order valence-corrected chi connectivity index (χ0v) is 30.5. The summed E-state index contributed by atoms with van der Waals surface area (Å²) in [6.07, 6.45) is 2.63. The molecule has 2 heterocycles. The van der Waals surface area contributed by atoms with E-state index in [1.54, 1.807) is 60.4 Å². The predicted molar refractivity (Wildman–Crippen MR) is 202 cm³/mol. The normalized spacial score (nSPS) is 13.1. The lowest BCUT2D eigenvalue weighted by molar-refractivity contribution is -0.129. The summed E-state index contributed by atoms with van der Waals surface area (Å²) in [5.41, 5.74) is 3.86. The summed E-state index contributed by atoms with van der Waals surface area (Å²) in [5, 5.41) is 8.54. The molecule has 0 bridgehead atoms. The summed E-state index contributed by atoms with van der Waals surface area (Å²) in [7, 11) is 0. The SMILES string of the molecule is CCOC(=O)c1c(NC(=O)C(CC)Sc2cccc(NC(=O)/C(=C/c3ccccc3C)NC(=O)c3ccccc3)c2)sc2c1CCN(C(C)=O)C2. The van der Waals surface area contributed by atoms with E-state index in [-0.39, 0.29) is 24.1 Å². The number of thiophene rings is 1. The maximum absolute atomic E-state index is 13.7. The largest absolute Gasteiger partial charge is 0.462 e. The molecular formula is C39H40N4O6S2. The number of aryl methyl sites for hydroxylation is 1. The van der Waals surface area contributed by atoms with Crippen molar-refractivity contribution in [3.8, 4) is 0 Å². The average Bonchev–Trinajstić information content (AvgIpc) is 3.48. The number of nitrogens with one attached hydrogen (secondary N) is 3. The number of nitrogens with zero attached hydrogens (tertiary/aromatic N) is 1. The van der Waals surface area contributed by atoms with Crippen molar-refractivity contribution in [2.45, 2.75) is 57.2 Å². The average molecular weight is 725 g/mol. The van der Waals surface area contributed by atoms with E-state index in [0.717, 1.165) is 26.5 Å². The minimum Gasteiger partial charge on any atom is -0.462 e. The fourth-order valence-corrected chi connectivity index (χ4v) is 7.82. The first-order chi connectivity index (χ1) is 24.6. The molecule has 0 saturated carbocycles. The van der Waals surface area contributed by atoms with Crippen molar-refractivity contribution in [2.75, 3.05) is 23.8 Å². The molecule has 1 aliphatic heterocycles. The molecule has 1 atom stereocenters. The molecule has 0 aliphatic carbocycles. The molecule has 51 heavy (non-hydrogen) atoms. The second kappa shape index (κ2) is 17.1. The Morgan fingerprint density at radius 3 is 2.41 bits per heavy atom. The van der Waals surface area contributed by atoms with Crippen LogP contribution in [0.5, 0.6) is 0 Å². The molecule has 0 saturated heterocycles. The van der Waals surface area contributed by atoms with Gasteiger partial charge in [0, 0.05) is 34.5 Å². The van der Waals surface area contributed by atoms with Crippen molar-refractivity contribution < 1.29 is 28.7 Å². The van der Waals surface area contributed by atoms with E-state index in [1.807, 2.05) is 50.2 Å². The van der Waals surface area contributed by atoms with Crippen LogP contribution in [0.15, 0.2) is 89.5 Å². The van der Waals surface area contributed by atoms with Crippen LogP contribution in [0.3, 0.4) is 0 Å². The van der Waals surface area contributed by atoms with Gasteiger partial charge in [0.15, 0.2) is 0 Å². The lowest BCUT2D eigenvalue weighted by Gasteiger charge is -2.25. The van der Waals surface area contributed by atoms with Crippen LogP contribution >= 0.6 is 23.1 Å². The van der Waals surface area contributed by atoms with Gasteiger partial charge in [-0.05, 0) is 79.8 Å². The second-order valence-corrected chi connectivity index (χ2v) is 14.2. The monoisotopic (exact) mass is 724 g/mol. The van der Waals surface area contributed by atoms with E-state index in [2.05, 4.69) is 16.0 Å². The number of rotatable bonds is 12. The highest BCUT2D eigenvalue weighted by atomic mass is 32.2. The van der Waals surface area contributed by atoms with Crippen LogP contribution in [-0.2, 0) is 32.1 Å². The predicted octanol–water partition coefficient (Wildman–Crippen LogP) is 7.06. The van der Waals surface area contributed by atoms with Crippen LogP contribution in [0.2, 0.25) is 0 Å². The number of benzene rings is 3. The summed E-state index contributed by atoms with van der Waals surface area (Å²) in [5.74, 6) is -1.75. The van der Waals surface area contributed by atoms with Gasteiger partial charge in [-0.3, -0.25) is 19.2 Å². The van der Waals surface area contributed by atoms with Gasteiger partial charge < -0.3 is 25.6 Å². The Bertz CT molecular complexity index is 1970. The van der Waals surface area contributed by atoms with Crippen molar-refractivity contribution in [3.63, 3.8) is 0 Å². The first-order valence-electron chi connectivity index (χ1n) is 16.7. The Kier molecular flexibility index (Phi) is 12.5. The number of carbonyl (C=O) groups excluding carboxylic acids is 5. The van der Waals surface area contributed by atoms with Crippen molar-refractivity contribution in [1.82, 2.24) is 10.2 Å². The van der Waals surface area contributed by atoms with Crippen LogP contribution in [0.1, 0.15) is 69.5 Å². The molecule has 264 valence electrons. The highest BCUT2D eigenvalue weighted by Gasteiger charge is 2.31. The quantitative estimate of drug-likeness (QED) is 0.0810. The molecule has 1 unspecified atom stereocenters. The number of esters is 1. The molecule has 1 aliphatic rings.